The van der Waals surface area contributed by atoms with E-state index < -0.39 is 30.3 Å². The van der Waals surface area contributed by atoms with E-state index >= 15 is 0 Å². The molecule has 1 aromatic rings. The van der Waals surface area contributed by atoms with Crippen molar-refractivity contribution in [3.63, 3.8) is 0 Å². The Hall–Kier alpha value is -1.51. The maximum absolute atomic E-state index is 13.7. The van der Waals surface area contributed by atoms with E-state index in [1.807, 2.05) is 0 Å². The van der Waals surface area contributed by atoms with Gasteiger partial charge in [0.2, 0.25) is 6.35 Å². The summed E-state index contributed by atoms with van der Waals surface area (Å²) in [7, 11) is 0. The number of hydrogen-bond donors (Lipinski definition) is 3. The highest BCUT2D eigenvalue weighted by Gasteiger charge is 2.41. The zero-order chi connectivity index (χ0) is 15.1. The average molecular weight is 313 g/mol. The Bertz CT molecular complexity index is 550. The molecule has 0 aliphatic carbocycles. The zero-order valence-electron chi connectivity index (χ0n) is 9.70. The molecule has 0 amide bonds. The molecule has 0 saturated heterocycles. The van der Waals surface area contributed by atoms with Gasteiger partial charge in [0.25, 0.3) is 0 Å². The Morgan fingerprint density at radius 1 is 1.25 bits per heavy atom. The summed E-state index contributed by atoms with van der Waals surface area (Å²) in [5.74, 6) is -0.888. The predicted molar refractivity (Wildman–Crippen MR) is 63.2 cm³/mol. The number of aliphatic hydroxyl groups excluding tert-OH is 2. The van der Waals surface area contributed by atoms with Gasteiger partial charge in [-0.3, -0.25) is 4.90 Å². The van der Waals surface area contributed by atoms with Gasteiger partial charge in [0.05, 0.1) is 5.69 Å². The van der Waals surface area contributed by atoms with Gasteiger partial charge in [-0.1, -0.05) is 11.6 Å². The quantitative estimate of drug-likeness (QED) is 0.694. The third-order valence-electron chi connectivity index (χ3n) is 2.64. The molecule has 0 saturated carbocycles. The smallest absolute Gasteiger partial charge is 0.370 e. The Kier molecular flexibility index (Phi) is 3.81. The first-order valence-electron chi connectivity index (χ1n) is 5.35. The molecule has 0 bridgehead atoms. The van der Waals surface area contributed by atoms with Crippen LogP contribution in [0, 0.1) is 5.82 Å². The van der Waals surface area contributed by atoms with Crippen LogP contribution in [-0.2, 0) is 0 Å². The van der Waals surface area contributed by atoms with Crippen LogP contribution in [-0.4, -0.2) is 29.0 Å². The molecule has 110 valence electrons. The van der Waals surface area contributed by atoms with E-state index in [9.17, 15) is 27.8 Å². The molecule has 0 fully saturated rings. The van der Waals surface area contributed by atoms with E-state index in [1.54, 1.807) is 5.32 Å². The molecule has 4 nitrogen and oxygen atoms in total. The molecule has 1 heterocycles. The van der Waals surface area contributed by atoms with Crippen LogP contribution in [0.3, 0.4) is 0 Å². The van der Waals surface area contributed by atoms with Crippen LogP contribution in [0.15, 0.2) is 30.0 Å². The lowest BCUT2D eigenvalue weighted by Gasteiger charge is -2.38. The van der Waals surface area contributed by atoms with Crippen molar-refractivity contribution in [2.75, 3.05) is 4.90 Å². The third kappa shape index (κ3) is 2.82. The largest absolute Gasteiger partial charge is 0.430 e. The van der Waals surface area contributed by atoms with Gasteiger partial charge in [-0.2, -0.15) is 13.2 Å². The molecule has 1 aliphatic rings. The summed E-state index contributed by atoms with van der Waals surface area (Å²) < 4.78 is 51.2. The van der Waals surface area contributed by atoms with Gasteiger partial charge in [0.1, 0.15) is 11.5 Å². The summed E-state index contributed by atoms with van der Waals surface area (Å²) in [5.41, 5.74) is -1.59. The molecule has 3 N–H and O–H groups in total. The van der Waals surface area contributed by atoms with E-state index in [1.165, 1.54) is 6.07 Å². The van der Waals surface area contributed by atoms with Crippen molar-refractivity contribution in [2.24, 2.45) is 0 Å². The first-order valence-corrected chi connectivity index (χ1v) is 5.73. The van der Waals surface area contributed by atoms with Crippen LogP contribution in [0.2, 0.25) is 5.02 Å². The van der Waals surface area contributed by atoms with Crippen molar-refractivity contribution in [1.29, 1.82) is 0 Å². The van der Waals surface area contributed by atoms with Gasteiger partial charge in [0.15, 0.2) is 6.23 Å². The Morgan fingerprint density at radius 3 is 2.40 bits per heavy atom. The number of rotatable bonds is 1. The molecule has 0 aromatic heterocycles. The highest BCUT2D eigenvalue weighted by molar-refractivity contribution is 6.30. The van der Waals surface area contributed by atoms with Crippen molar-refractivity contribution >= 4 is 17.3 Å². The second-order valence-corrected chi connectivity index (χ2v) is 4.45. The summed E-state index contributed by atoms with van der Waals surface area (Å²) in [4.78, 5) is 0.640. The van der Waals surface area contributed by atoms with Gasteiger partial charge in [-0.05, 0) is 24.3 Å². The van der Waals surface area contributed by atoms with Gasteiger partial charge in [-0.25, -0.2) is 4.39 Å². The monoisotopic (exact) mass is 312 g/mol. The first-order chi connectivity index (χ1) is 9.20. The highest BCUT2D eigenvalue weighted by Crippen LogP contribution is 2.31. The Labute approximate surface area is 115 Å². The van der Waals surface area contributed by atoms with Crippen molar-refractivity contribution < 1.29 is 27.8 Å². The summed E-state index contributed by atoms with van der Waals surface area (Å²) in [6, 6.07) is 3.33. The number of aliphatic hydroxyl groups is 2. The van der Waals surface area contributed by atoms with E-state index in [0.717, 1.165) is 12.1 Å². The summed E-state index contributed by atoms with van der Waals surface area (Å²) in [6.07, 6.45) is -8.12. The van der Waals surface area contributed by atoms with Crippen molar-refractivity contribution in [3.8, 4) is 0 Å². The summed E-state index contributed by atoms with van der Waals surface area (Å²) in [5, 5.41) is 21.1. The fraction of sp³-hybridized carbons (Fsp3) is 0.273. The van der Waals surface area contributed by atoms with Crippen molar-refractivity contribution in [2.45, 2.75) is 18.8 Å². The number of alkyl halides is 3. The first kappa shape index (κ1) is 14.9. The number of halogens is 5. The summed E-state index contributed by atoms with van der Waals surface area (Å²) >= 11 is 5.55. The number of allylic oxidation sites excluding steroid dienone is 1. The highest BCUT2D eigenvalue weighted by atomic mass is 35.5. The second-order valence-electron chi connectivity index (χ2n) is 4.01. The maximum atomic E-state index is 13.7. The van der Waals surface area contributed by atoms with E-state index in [-0.39, 0.29) is 10.7 Å². The molecule has 9 heteroatoms. The summed E-state index contributed by atoms with van der Waals surface area (Å²) in [6.45, 7) is 0. The number of anilines is 1. The van der Waals surface area contributed by atoms with Crippen molar-refractivity contribution in [3.05, 3.63) is 40.8 Å². The molecule has 1 aliphatic heterocycles. The lowest BCUT2D eigenvalue weighted by Crippen LogP contribution is -2.56. The fourth-order valence-electron chi connectivity index (χ4n) is 1.77. The van der Waals surface area contributed by atoms with Crippen LogP contribution in [0.1, 0.15) is 0 Å². The molecule has 2 unspecified atom stereocenters. The minimum absolute atomic E-state index is 0.0757. The third-order valence-corrected chi connectivity index (χ3v) is 2.88. The SMILES string of the molecule is OC1C=C(C(F)(F)F)NC(O)N1c1ccc(Cl)cc1F. The van der Waals surface area contributed by atoms with Gasteiger partial charge in [0, 0.05) is 5.02 Å². The number of nitrogens with zero attached hydrogens (tertiary/aromatic N) is 1. The average Bonchev–Trinajstić information content (AvgIpc) is 2.29. The van der Waals surface area contributed by atoms with Crippen LogP contribution in [0.5, 0.6) is 0 Å². The normalized spacial score (nSPS) is 23.4. The van der Waals surface area contributed by atoms with Gasteiger partial charge >= 0.3 is 6.18 Å². The molecule has 0 spiro atoms. The number of benzene rings is 1. The second kappa shape index (κ2) is 5.12. The lowest BCUT2D eigenvalue weighted by molar-refractivity contribution is -0.106. The predicted octanol–water partition coefficient (Wildman–Crippen LogP) is 1.93. The number of hydrogen-bond acceptors (Lipinski definition) is 4. The van der Waals surface area contributed by atoms with Crippen molar-refractivity contribution in [1.82, 2.24) is 5.32 Å². The van der Waals surface area contributed by atoms with Crippen LogP contribution >= 0.6 is 11.6 Å². The molecule has 20 heavy (non-hydrogen) atoms. The molecule has 2 rings (SSSR count). The van der Waals surface area contributed by atoms with Crippen LogP contribution in [0.25, 0.3) is 0 Å². The van der Waals surface area contributed by atoms with E-state index in [4.69, 9.17) is 11.6 Å². The molecular formula is C11H9ClF4N2O2. The molecule has 0 radical (unpaired) electrons. The van der Waals surface area contributed by atoms with E-state index in [0.29, 0.717) is 11.0 Å². The van der Waals surface area contributed by atoms with Crippen LogP contribution < -0.4 is 10.2 Å². The molecule has 2 atom stereocenters. The number of nitrogens with one attached hydrogen (secondary N) is 1. The Morgan fingerprint density at radius 2 is 1.90 bits per heavy atom. The Balaban J connectivity index is 2.37. The van der Waals surface area contributed by atoms with Crippen LogP contribution in [0.4, 0.5) is 23.2 Å². The topological polar surface area (TPSA) is 55.7 Å². The molecular weight excluding hydrogens is 304 g/mol. The standard InChI is InChI=1S/C11H9ClF4N2O2/c12-5-1-2-7(6(13)3-5)18-9(19)4-8(11(14,15)16)17-10(18)20/h1-4,9-10,17,19-20H. The minimum atomic E-state index is -4.76. The lowest BCUT2D eigenvalue weighted by atomic mass is 10.2. The van der Waals surface area contributed by atoms with Gasteiger partial charge in [-0.15, -0.1) is 0 Å². The van der Waals surface area contributed by atoms with Gasteiger partial charge < -0.3 is 15.5 Å². The zero-order valence-corrected chi connectivity index (χ0v) is 10.5. The fourth-order valence-corrected chi connectivity index (χ4v) is 1.93. The minimum Gasteiger partial charge on any atom is -0.370 e. The van der Waals surface area contributed by atoms with E-state index in [2.05, 4.69) is 0 Å². The molecule has 1 aromatic carbocycles. The maximum Gasteiger partial charge on any atom is 0.430 e.